The standard InChI is InChI=1S/C14H25N3O/c1-12(2)15-9-13(3)10-16-5-7-17(8-6-16)11-14(4)18/h9,14,18H,1,3,5-8,10-11H2,2,4H3. The number of piperazine rings is 1. The Bertz CT molecular complexity index is 315. The molecule has 0 radical (unpaired) electrons. The number of hydrogen-bond donors (Lipinski definition) is 1. The van der Waals surface area contributed by atoms with Crippen molar-refractivity contribution in [1.82, 2.24) is 9.80 Å². The molecule has 0 spiro atoms. The SMILES string of the molecule is C=C(C=NC(=C)C)CN1CCN(CC(C)O)CC1. The molecule has 0 aliphatic carbocycles. The second-order valence-corrected chi connectivity index (χ2v) is 5.08. The second kappa shape index (κ2) is 7.46. The predicted molar refractivity (Wildman–Crippen MR) is 77.0 cm³/mol. The van der Waals surface area contributed by atoms with Gasteiger partial charge < -0.3 is 5.11 Å². The summed E-state index contributed by atoms with van der Waals surface area (Å²) < 4.78 is 0. The average Bonchev–Trinajstić information content (AvgIpc) is 2.28. The van der Waals surface area contributed by atoms with Crippen LogP contribution in [-0.4, -0.2) is 66.5 Å². The zero-order chi connectivity index (χ0) is 13.5. The molecule has 102 valence electrons. The molecular formula is C14H25N3O. The molecule has 1 heterocycles. The monoisotopic (exact) mass is 251 g/mol. The van der Waals surface area contributed by atoms with E-state index in [0.717, 1.165) is 50.5 Å². The first-order valence-corrected chi connectivity index (χ1v) is 6.47. The lowest BCUT2D eigenvalue weighted by Crippen LogP contribution is -2.48. The van der Waals surface area contributed by atoms with Gasteiger partial charge in [0.05, 0.1) is 6.10 Å². The highest BCUT2D eigenvalue weighted by molar-refractivity contribution is 5.78. The van der Waals surface area contributed by atoms with Crippen molar-refractivity contribution in [3.63, 3.8) is 0 Å². The maximum atomic E-state index is 9.34. The molecule has 1 saturated heterocycles. The summed E-state index contributed by atoms with van der Waals surface area (Å²) in [6.07, 6.45) is 1.55. The summed E-state index contributed by atoms with van der Waals surface area (Å²) in [7, 11) is 0. The van der Waals surface area contributed by atoms with Crippen molar-refractivity contribution in [3.05, 3.63) is 24.4 Å². The fraction of sp³-hybridized carbons (Fsp3) is 0.643. The molecule has 1 fully saturated rings. The molecular weight excluding hydrogens is 226 g/mol. The first-order valence-electron chi connectivity index (χ1n) is 6.47. The van der Waals surface area contributed by atoms with Crippen LogP contribution in [0.25, 0.3) is 0 Å². The third kappa shape index (κ3) is 6.10. The molecule has 1 rings (SSSR count). The molecule has 1 aliphatic heterocycles. The highest BCUT2D eigenvalue weighted by Crippen LogP contribution is 2.04. The summed E-state index contributed by atoms with van der Waals surface area (Å²) in [6.45, 7) is 17.1. The lowest BCUT2D eigenvalue weighted by Gasteiger charge is -2.35. The summed E-state index contributed by atoms with van der Waals surface area (Å²) in [5.74, 6) is 0. The maximum absolute atomic E-state index is 9.34. The molecule has 18 heavy (non-hydrogen) atoms. The molecule has 0 amide bonds. The van der Waals surface area contributed by atoms with Gasteiger partial charge in [0.1, 0.15) is 0 Å². The van der Waals surface area contributed by atoms with Gasteiger partial charge in [-0.3, -0.25) is 14.8 Å². The van der Waals surface area contributed by atoms with Crippen molar-refractivity contribution in [2.75, 3.05) is 39.3 Å². The van der Waals surface area contributed by atoms with Gasteiger partial charge in [0, 0.05) is 51.2 Å². The largest absolute Gasteiger partial charge is 0.392 e. The quantitative estimate of drug-likeness (QED) is 0.720. The summed E-state index contributed by atoms with van der Waals surface area (Å²) in [5, 5.41) is 9.34. The van der Waals surface area contributed by atoms with E-state index in [0.29, 0.717) is 0 Å². The molecule has 0 saturated carbocycles. The minimum absolute atomic E-state index is 0.241. The van der Waals surface area contributed by atoms with E-state index in [2.05, 4.69) is 28.0 Å². The second-order valence-electron chi connectivity index (χ2n) is 5.08. The summed E-state index contributed by atoms with van der Waals surface area (Å²) >= 11 is 0. The van der Waals surface area contributed by atoms with E-state index >= 15 is 0 Å². The first kappa shape index (κ1) is 15.1. The minimum atomic E-state index is -0.241. The van der Waals surface area contributed by atoms with Crippen LogP contribution in [0.1, 0.15) is 13.8 Å². The third-order valence-electron chi connectivity index (χ3n) is 2.88. The van der Waals surface area contributed by atoms with Gasteiger partial charge in [0.15, 0.2) is 0 Å². The Labute approximate surface area is 110 Å². The fourth-order valence-electron chi connectivity index (χ4n) is 2.03. The zero-order valence-electron chi connectivity index (χ0n) is 11.6. The molecule has 0 aromatic rings. The number of allylic oxidation sites excluding steroid dienone is 1. The van der Waals surface area contributed by atoms with E-state index < -0.39 is 0 Å². The zero-order valence-corrected chi connectivity index (χ0v) is 11.6. The summed E-state index contributed by atoms with van der Waals surface area (Å²) in [4.78, 5) is 8.82. The lowest BCUT2D eigenvalue weighted by molar-refractivity contribution is 0.0847. The minimum Gasteiger partial charge on any atom is -0.392 e. The van der Waals surface area contributed by atoms with E-state index in [1.165, 1.54) is 0 Å². The van der Waals surface area contributed by atoms with E-state index in [4.69, 9.17) is 0 Å². The average molecular weight is 251 g/mol. The highest BCUT2D eigenvalue weighted by Gasteiger charge is 2.17. The van der Waals surface area contributed by atoms with Crippen LogP contribution >= 0.6 is 0 Å². The molecule has 0 bridgehead atoms. The van der Waals surface area contributed by atoms with Gasteiger partial charge >= 0.3 is 0 Å². The lowest BCUT2D eigenvalue weighted by atomic mass is 10.2. The molecule has 1 unspecified atom stereocenters. The number of aliphatic hydroxyl groups excluding tert-OH is 1. The fourth-order valence-corrected chi connectivity index (χ4v) is 2.03. The van der Waals surface area contributed by atoms with Crippen LogP contribution in [-0.2, 0) is 0 Å². The number of hydrogen-bond acceptors (Lipinski definition) is 4. The van der Waals surface area contributed by atoms with Gasteiger partial charge in [-0.1, -0.05) is 13.2 Å². The smallest absolute Gasteiger partial charge is 0.0639 e. The molecule has 1 aliphatic rings. The number of nitrogens with zero attached hydrogens (tertiary/aromatic N) is 3. The normalized spacial score (nSPS) is 20.2. The van der Waals surface area contributed by atoms with E-state index in [9.17, 15) is 5.11 Å². The summed E-state index contributed by atoms with van der Waals surface area (Å²) in [6, 6.07) is 0. The molecule has 4 nitrogen and oxygen atoms in total. The Morgan fingerprint density at radius 2 is 1.83 bits per heavy atom. The predicted octanol–water partition coefficient (Wildman–Crippen LogP) is 1.15. The number of β-amino-alcohol motifs (C(OH)–C–C–N with tert-alkyl or cyclic N) is 1. The molecule has 4 heteroatoms. The first-order chi connectivity index (χ1) is 8.47. The Kier molecular flexibility index (Phi) is 6.25. The van der Waals surface area contributed by atoms with Crippen LogP contribution in [0.2, 0.25) is 0 Å². The van der Waals surface area contributed by atoms with Crippen molar-refractivity contribution in [3.8, 4) is 0 Å². The van der Waals surface area contributed by atoms with Crippen molar-refractivity contribution >= 4 is 6.21 Å². The van der Waals surface area contributed by atoms with E-state index in [1.54, 1.807) is 6.21 Å². The number of aliphatic hydroxyl groups is 1. The third-order valence-corrected chi connectivity index (χ3v) is 2.88. The van der Waals surface area contributed by atoms with Crippen molar-refractivity contribution < 1.29 is 5.11 Å². The van der Waals surface area contributed by atoms with Gasteiger partial charge in [-0.25, -0.2) is 0 Å². The maximum Gasteiger partial charge on any atom is 0.0639 e. The Morgan fingerprint density at radius 1 is 1.28 bits per heavy atom. The van der Waals surface area contributed by atoms with Crippen LogP contribution < -0.4 is 0 Å². The molecule has 1 atom stereocenters. The Morgan fingerprint density at radius 3 is 2.33 bits per heavy atom. The number of rotatable bonds is 6. The van der Waals surface area contributed by atoms with Crippen molar-refractivity contribution in [1.29, 1.82) is 0 Å². The molecule has 1 N–H and O–H groups in total. The molecule has 0 aromatic carbocycles. The highest BCUT2D eigenvalue weighted by atomic mass is 16.3. The van der Waals surface area contributed by atoms with Crippen molar-refractivity contribution in [2.45, 2.75) is 20.0 Å². The summed E-state index contributed by atoms with van der Waals surface area (Å²) in [5.41, 5.74) is 1.82. The Balaban J connectivity index is 2.27. The van der Waals surface area contributed by atoms with E-state index in [1.807, 2.05) is 13.8 Å². The van der Waals surface area contributed by atoms with Gasteiger partial charge in [-0.05, 0) is 19.4 Å². The number of aliphatic imine (C=N–C) groups is 1. The van der Waals surface area contributed by atoms with Gasteiger partial charge in [0.2, 0.25) is 0 Å². The van der Waals surface area contributed by atoms with Crippen molar-refractivity contribution in [2.24, 2.45) is 4.99 Å². The Hall–Kier alpha value is -0.970. The van der Waals surface area contributed by atoms with Crippen LogP contribution in [0.15, 0.2) is 29.4 Å². The van der Waals surface area contributed by atoms with Gasteiger partial charge in [0.25, 0.3) is 0 Å². The topological polar surface area (TPSA) is 39.1 Å². The van der Waals surface area contributed by atoms with Crippen LogP contribution in [0.3, 0.4) is 0 Å². The van der Waals surface area contributed by atoms with E-state index in [-0.39, 0.29) is 6.10 Å². The van der Waals surface area contributed by atoms with Crippen LogP contribution in [0.4, 0.5) is 0 Å². The van der Waals surface area contributed by atoms with Gasteiger partial charge in [-0.2, -0.15) is 0 Å². The van der Waals surface area contributed by atoms with Gasteiger partial charge in [-0.15, -0.1) is 0 Å². The van der Waals surface area contributed by atoms with Crippen LogP contribution in [0, 0.1) is 0 Å². The molecule has 0 aromatic heterocycles. The van der Waals surface area contributed by atoms with Crippen LogP contribution in [0.5, 0.6) is 0 Å².